The first-order valence-corrected chi connectivity index (χ1v) is 12.9. The second kappa shape index (κ2) is 11.0. The number of aliphatic hydroxyl groups excluding tert-OH is 5. The fourth-order valence-corrected chi connectivity index (χ4v) is 5.48. The first-order chi connectivity index (χ1) is 16.2. The Hall–Kier alpha value is -1.34. The third-order valence-corrected chi connectivity index (χ3v) is 7.62. The average Bonchev–Trinajstić information content (AvgIpc) is 3.03. The molecular formula is C15H24N2O16P2. The molecule has 0 aliphatic carbocycles. The van der Waals surface area contributed by atoms with E-state index < -0.39 is 89.2 Å². The summed E-state index contributed by atoms with van der Waals surface area (Å²) in [5, 5.41) is 48.9. The fourth-order valence-electron chi connectivity index (χ4n) is 3.32. The van der Waals surface area contributed by atoms with Gasteiger partial charge in [0.1, 0.15) is 24.4 Å². The minimum Gasteiger partial charge on any atom is -0.394 e. The number of ether oxygens (including phenoxy) is 2. The molecule has 2 aliphatic heterocycles. The van der Waals surface area contributed by atoms with Gasteiger partial charge in [-0.15, -0.1) is 0 Å². The van der Waals surface area contributed by atoms with Crippen molar-refractivity contribution in [2.75, 3.05) is 13.2 Å². The van der Waals surface area contributed by atoms with Crippen LogP contribution in [-0.2, 0) is 32.0 Å². The lowest BCUT2D eigenvalue weighted by Gasteiger charge is -2.36. The summed E-state index contributed by atoms with van der Waals surface area (Å²) in [6, 6.07) is 0.941. The summed E-state index contributed by atoms with van der Waals surface area (Å²) < 4.78 is 48.3. The van der Waals surface area contributed by atoms with E-state index in [1.807, 2.05) is 4.98 Å². The molecule has 1 aromatic rings. The van der Waals surface area contributed by atoms with Gasteiger partial charge in [0.05, 0.1) is 25.4 Å². The average molecular weight is 550 g/mol. The minimum atomic E-state index is -5.49. The first-order valence-electron chi connectivity index (χ1n) is 9.88. The molecule has 35 heavy (non-hydrogen) atoms. The lowest BCUT2D eigenvalue weighted by molar-refractivity contribution is -0.244. The fraction of sp³-hybridized carbons (Fsp3) is 0.733. The largest absolute Gasteiger partial charge is 0.483 e. The van der Waals surface area contributed by atoms with E-state index in [1.165, 1.54) is 0 Å². The molecule has 3 rings (SSSR count). The number of phosphoric acid groups is 2. The van der Waals surface area contributed by atoms with E-state index in [2.05, 4.69) is 13.4 Å². The monoisotopic (exact) mass is 550 g/mol. The van der Waals surface area contributed by atoms with Crippen molar-refractivity contribution in [3.63, 3.8) is 0 Å². The summed E-state index contributed by atoms with van der Waals surface area (Å²) in [6.07, 6.45) is -12.3. The number of hydrogen-bond donors (Lipinski definition) is 8. The summed E-state index contributed by atoms with van der Waals surface area (Å²) in [7, 11) is -10.9. The number of aliphatic hydroxyl groups is 5. The number of rotatable bonds is 9. The number of phosphoric ester groups is 2. The maximum Gasteiger partial charge on any atom is 0.483 e. The molecule has 2 fully saturated rings. The van der Waals surface area contributed by atoms with Crippen LogP contribution < -0.4 is 11.2 Å². The SMILES string of the molecule is O=c1ccn([C@@H]2O[C@H](COP(=O)(O)OP(=O)(O)O[C@@H]3O[C@H](CO)C[C@H](O)[C@H]3O)[C@@H](O)[C@H]2O)c(=O)[nH]1. The van der Waals surface area contributed by atoms with Crippen LogP contribution in [0.4, 0.5) is 0 Å². The highest BCUT2D eigenvalue weighted by molar-refractivity contribution is 7.61. The molecule has 2 saturated heterocycles. The third-order valence-electron chi connectivity index (χ3n) is 5.02. The van der Waals surface area contributed by atoms with Gasteiger partial charge in [0, 0.05) is 18.7 Å². The lowest BCUT2D eigenvalue weighted by atomic mass is 10.0. The second-order valence-corrected chi connectivity index (χ2v) is 10.6. The molecule has 3 heterocycles. The van der Waals surface area contributed by atoms with Gasteiger partial charge in [-0.2, -0.15) is 4.31 Å². The zero-order valence-electron chi connectivity index (χ0n) is 17.5. The molecule has 10 atom stereocenters. The summed E-state index contributed by atoms with van der Waals surface area (Å²) in [5.74, 6) is 0. The smallest absolute Gasteiger partial charge is 0.394 e. The molecule has 0 spiro atoms. The molecule has 18 nitrogen and oxygen atoms in total. The van der Waals surface area contributed by atoms with E-state index in [4.69, 9.17) is 14.6 Å². The number of H-pyrrole nitrogens is 1. The zero-order chi connectivity index (χ0) is 26.1. The number of nitrogens with zero attached hydrogens (tertiary/aromatic N) is 1. The van der Waals surface area contributed by atoms with E-state index in [9.17, 15) is 48.9 Å². The highest BCUT2D eigenvalue weighted by Crippen LogP contribution is 2.61. The summed E-state index contributed by atoms with van der Waals surface area (Å²) in [4.78, 5) is 44.5. The van der Waals surface area contributed by atoms with Crippen LogP contribution in [0.25, 0.3) is 0 Å². The summed E-state index contributed by atoms with van der Waals surface area (Å²) in [5.41, 5.74) is -1.72. The van der Waals surface area contributed by atoms with E-state index in [0.29, 0.717) is 0 Å². The molecule has 200 valence electrons. The molecule has 2 aliphatic rings. The van der Waals surface area contributed by atoms with Crippen LogP contribution in [0.1, 0.15) is 12.6 Å². The molecular weight excluding hydrogens is 526 g/mol. The van der Waals surface area contributed by atoms with Gasteiger partial charge in [-0.25, -0.2) is 13.9 Å². The van der Waals surface area contributed by atoms with E-state index in [1.54, 1.807) is 0 Å². The standard InChI is InChI=1S/C15H24N2O16P2/c18-4-6-3-7(19)10(21)14(30-6)32-35(27,28)33-34(25,26)29-5-8-11(22)12(23)13(31-8)17-2-1-9(20)16-15(17)24/h1-2,6-8,10-14,18-19,21-23H,3-5H2,(H,25,26)(H,27,28)(H,16,20,24)/t6-,7-,8+,10+,11+,12+,13+,14-/m0/s1. The predicted octanol–water partition coefficient (Wildman–Crippen LogP) is -3.76. The van der Waals surface area contributed by atoms with Crippen molar-refractivity contribution in [2.45, 2.75) is 55.6 Å². The van der Waals surface area contributed by atoms with Crippen molar-refractivity contribution < 1.29 is 67.3 Å². The highest BCUT2D eigenvalue weighted by Gasteiger charge is 2.47. The minimum absolute atomic E-state index is 0.225. The van der Waals surface area contributed by atoms with Crippen molar-refractivity contribution in [2.24, 2.45) is 0 Å². The normalized spacial score (nSPS) is 37.0. The summed E-state index contributed by atoms with van der Waals surface area (Å²) >= 11 is 0. The Bertz CT molecular complexity index is 1090. The molecule has 0 aromatic carbocycles. The van der Waals surface area contributed by atoms with E-state index in [0.717, 1.165) is 16.8 Å². The van der Waals surface area contributed by atoms with Crippen molar-refractivity contribution in [1.29, 1.82) is 0 Å². The van der Waals surface area contributed by atoms with Gasteiger partial charge >= 0.3 is 21.3 Å². The number of aromatic amines is 1. The molecule has 8 N–H and O–H groups in total. The Balaban J connectivity index is 1.60. The highest BCUT2D eigenvalue weighted by atomic mass is 31.3. The molecule has 0 radical (unpaired) electrons. The van der Waals surface area contributed by atoms with Crippen LogP contribution in [0.5, 0.6) is 0 Å². The van der Waals surface area contributed by atoms with Gasteiger partial charge in [0.25, 0.3) is 5.56 Å². The molecule has 1 aromatic heterocycles. The van der Waals surface area contributed by atoms with Crippen LogP contribution in [0.3, 0.4) is 0 Å². The van der Waals surface area contributed by atoms with Gasteiger partial charge in [-0.3, -0.25) is 23.4 Å². The molecule has 20 heteroatoms. The van der Waals surface area contributed by atoms with E-state index >= 15 is 0 Å². The van der Waals surface area contributed by atoms with Gasteiger partial charge in [-0.1, -0.05) is 0 Å². The van der Waals surface area contributed by atoms with Crippen molar-refractivity contribution in [1.82, 2.24) is 9.55 Å². The maximum atomic E-state index is 12.1. The quantitative estimate of drug-likeness (QED) is 0.137. The Labute approximate surface area is 195 Å². The van der Waals surface area contributed by atoms with Crippen LogP contribution >= 0.6 is 15.6 Å². The van der Waals surface area contributed by atoms with Crippen LogP contribution in [-0.4, -0.2) is 101 Å². The Morgan fingerprint density at radius 3 is 2.37 bits per heavy atom. The number of nitrogens with one attached hydrogen (secondary N) is 1. The van der Waals surface area contributed by atoms with E-state index in [-0.39, 0.29) is 6.42 Å². The van der Waals surface area contributed by atoms with Gasteiger partial charge in [-0.05, 0) is 0 Å². The zero-order valence-corrected chi connectivity index (χ0v) is 19.3. The third kappa shape index (κ3) is 6.91. The van der Waals surface area contributed by atoms with Gasteiger partial charge in [0.2, 0.25) is 0 Å². The Morgan fingerprint density at radius 1 is 1.06 bits per heavy atom. The maximum absolute atomic E-state index is 12.1. The van der Waals surface area contributed by atoms with Crippen LogP contribution in [0.2, 0.25) is 0 Å². The lowest BCUT2D eigenvalue weighted by Crippen LogP contribution is -2.50. The van der Waals surface area contributed by atoms with Crippen molar-refractivity contribution >= 4 is 15.6 Å². The van der Waals surface area contributed by atoms with Crippen molar-refractivity contribution in [3.8, 4) is 0 Å². The Morgan fingerprint density at radius 2 is 1.74 bits per heavy atom. The van der Waals surface area contributed by atoms with Gasteiger partial charge < -0.3 is 44.8 Å². The van der Waals surface area contributed by atoms with Crippen LogP contribution in [0.15, 0.2) is 21.9 Å². The predicted molar refractivity (Wildman–Crippen MR) is 107 cm³/mol. The number of hydrogen-bond acceptors (Lipinski definition) is 14. The topological polar surface area (TPSA) is 277 Å². The van der Waals surface area contributed by atoms with Gasteiger partial charge in [0.15, 0.2) is 12.5 Å². The molecule has 0 saturated carbocycles. The first kappa shape index (κ1) is 28.2. The van der Waals surface area contributed by atoms with Crippen molar-refractivity contribution in [3.05, 3.63) is 33.1 Å². The number of aromatic nitrogens is 2. The molecule has 0 bridgehead atoms. The Kier molecular flexibility index (Phi) is 8.84. The molecule has 0 amide bonds. The molecule has 2 unspecified atom stereocenters. The van der Waals surface area contributed by atoms with Crippen LogP contribution in [0, 0.1) is 0 Å². The second-order valence-electron chi connectivity index (χ2n) is 7.59. The summed E-state index contributed by atoms with van der Waals surface area (Å²) in [6.45, 7) is -1.63.